The molecular formula is C17H23IN3O2-. The third-order valence-electron chi connectivity index (χ3n) is 4.06. The number of hydrogen-bond donors (Lipinski definition) is 2. The van der Waals surface area contributed by atoms with Gasteiger partial charge in [0.2, 0.25) is 0 Å². The summed E-state index contributed by atoms with van der Waals surface area (Å²) in [5.41, 5.74) is 13.2. The molecule has 0 saturated heterocycles. The van der Waals surface area contributed by atoms with Crippen LogP contribution in [0.3, 0.4) is 0 Å². The second kappa shape index (κ2) is 8.44. The summed E-state index contributed by atoms with van der Waals surface area (Å²) in [5, 5.41) is 0. The van der Waals surface area contributed by atoms with Gasteiger partial charge in [-0.3, -0.25) is 0 Å². The standard InChI is InChI=1S/C17H23IN3O2/c1-3-18-10-14(16(20)22)17(21-2)23-15-8-7-12(19)9-13(15)11-5-4-6-11/h3-6,10,12-13,15H,1,7-9,19H2,2H3,(H2,20,22)/q-1/b14-10-,21-17?. The summed E-state index contributed by atoms with van der Waals surface area (Å²) in [7, 11) is 1.62. The number of aliphatic imine (C=N–C) groups is 1. The zero-order valence-corrected chi connectivity index (χ0v) is 15.4. The molecule has 0 bridgehead atoms. The maximum atomic E-state index is 11.7. The Hall–Kier alpha value is -1.41. The molecule has 3 unspecified atom stereocenters. The first kappa shape index (κ1) is 17.9. The van der Waals surface area contributed by atoms with Crippen molar-refractivity contribution in [1.29, 1.82) is 0 Å². The van der Waals surface area contributed by atoms with Crippen molar-refractivity contribution in [2.75, 3.05) is 7.05 Å². The van der Waals surface area contributed by atoms with Crippen molar-refractivity contribution in [3.63, 3.8) is 0 Å². The fourth-order valence-electron chi connectivity index (χ4n) is 2.82. The van der Waals surface area contributed by atoms with E-state index in [2.05, 4.69) is 23.7 Å². The molecular weight excluding hydrogens is 405 g/mol. The molecule has 0 aromatic carbocycles. The van der Waals surface area contributed by atoms with Crippen LogP contribution in [0.2, 0.25) is 0 Å². The third-order valence-corrected chi connectivity index (χ3v) is 5.55. The van der Waals surface area contributed by atoms with E-state index in [9.17, 15) is 4.79 Å². The van der Waals surface area contributed by atoms with Gasteiger partial charge < -0.3 is 0 Å². The molecule has 1 fully saturated rings. The number of carbonyl (C=O) groups is 1. The van der Waals surface area contributed by atoms with Crippen LogP contribution in [0, 0.1) is 5.92 Å². The normalized spacial score (nSPS) is 28.1. The van der Waals surface area contributed by atoms with Crippen molar-refractivity contribution < 1.29 is 30.7 Å². The molecule has 0 aromatic rings. The number of rotatable bonds is 6. The molecule has 126 valence electrons. The summed E-state index contributed by atoms with van der Waals surface area (Å²) < 4.78 is 9.73. The van der Waals surface area contributed by atoms with E-state index in [1.165, 1.54) is 5.57 Å². The number of ether oxygens (including phenoxy) is 1. The van der Waals surface area contributed by atoms with Crippen LogP contribution in [-0.4, -0.2) is 31.0 Å². The van der Waals surface area contributed by atoms with Gasteiger partial charge in [-0.15, -0.1) is 0 Å². The number of carbonyl (C=O) groups excluding carboxylic acids is 1. The van der Waals surface area contributed by atoms with Gasteiger partial charge in [-0.25, -0.2) is 0 Å². The van der Waals surface area contributed by atoms with Gasteiger partial charge in [0, 0.05) is 0 Å². The zero-order valence-electron chi connectivity index (χ0n) is 13.2. The van der Waals surface area contributed by atoms with Crippen LogP contribution >= 0.6 is 0 Å². The maximum absolute atomic E-state index is 11.7. The Labute approximate surface area is 147 Å². The third kappa shape index (κ3) is 4.54. The van der Waals surface area contributed by atoms with Crippen molar-refractivity contribution >= 4 is 11.8 Å². The number of primary amides is 1. The van der Waals surface area contributed by atoms with E-state index in [1.54, 1.807) is 7.05 Å². The number of amides is 1. The molecule has 23 heavy (non-hydrogen) atoms. The van der Waals surface area contributed by atoms with Crippen molar-refractivity contribution in [3.8, 4) is 0 Å². The Bertz CT molecular complexity index is 593. The van der Waals surface area contributed by atoms with E-state index < -0.39 is 27.1 Å². The van der Waals surface area contributed by atoms with E-state index in [0.717, 1.165) is 19.3 Å². The van der Waals surface area contributed by atoms with Gasteiger partial charge in [0.15, 0.2) is 0 Å². The quantitative estimate of drug-likeness (QED) is 0.237. The molecule has 3 atom stereocenters. The summed E-state index contributed by atoms with van der Waals surface area (Å²) >= 11 is -0.436. The molecule has 5 nitrogen and oxygen atoms in total. The Kier molecular flexibility index (Phi) is 6.59. The van der Waals surface area contributed by atoms with Crippen molar-refractivity contribution in [2.45, 2.75) is 31.4 Å². The predicted molar refractivity (Wildman–Crippen MR) is 88.2 cm³/mol. The van der Waals surface area contributed by atoms with Crippen LogP contribution in [0.1, 0.15) is 19.3 Å². The van der Waals surface area contributed by atoms with Crippen molar-refractivity contribution in [2.24, 2.45) is 22.4 Å². The second-order valence-electron chi connectivity index (χ2n) is 5.56. The molecule has 2 aliphatic carbocycles. The van der Waals surface area contributed by atoms with E-state index in [-0.39, 0.29) is 18.1 Å². The van der Waals surface area contributed by atoms with E-state index in [4.69, 9.17) is 16.2 Å². The second-order valence-corrected chi connectivity index (χ2v) is 7.78. The average molecular weight is 428 g/mol. The molecule has 1 amide bonds. The first-order valence-electron chi connectivity index (χ1n) is 7.57. The SMILES string of the molecule is C=C[I-]/C=C(/C(N)=O)C(=NC)OC1CCC(N)CC1C1=CC=C1. The summed E-state index contributed by atoms with van der Waals surface area (Å²) in [5.74, 6) is 0.0520. The summed E-state index contributed by atoms with van der Waals surface area (Å²) in [6.45, 7) is 3.70. The summed E-state index contributed by atoms with van der Waals surface area (Å²) in [6.07, 6.45) is 8.81. The van der Waals surface area contributed by atoms with Crippen LogP contribution in [-0.2, 0) is 9.53 Å². The van der Waals surface area contributed by atoms with E-state index in [1.807, 2.05) is 14.2 Å². The molecule has 6 heteroatoms. The first-order chi connectivity index (χ1) is 11.1. The fourth-order valence-corrected chi connectivity index (χ4v) is 4.00. The molecule has 0 aliphatic heterocycles. The van der Waals surface area contributed by atoms with Crippen LogP contribution < -0.4 is 32.7 Å². The number of hydrogen-bond acceptors (Lipinski definition) is 4. The van der Waals surface area contributed by atoms with E-state index >= 15 is 0 Å². The summed E-state index contributed by atoms with van der Waals surface area (Å²) in [6, 6.07) is 0.189. The van der Waals surface area contributed by atoms with E-state index in [0.29, 0.717) is 11.5 Å². The van der Waals surface area contributed by atoms with Crippen molar-refractivity contribution in [1.82, 2.24) is 0 Å². The average Bonchev–Trinajstić information content (AvgIpc) is 2.46. The molecule has 0 aromatic heterocycles. The number of halogens is 1. The van der Waals surface area contributed by atoms with Gasteiger partial charge in [-0.1, -0.05) is 0 Å². The van der Waals surface area contributed by atoms with Gasteiger partial charge >= 0.3 is 147 Å². The molecule has 1 saturated carbocycles. The molecule has 2 aliphatic rings. The summed E-state index contributed by atoms with van der Waals surface area (Å²) in [4.78, 5) is 15.9. The van der Waals surface area contributed by atoms with Gasteiger partial charge in [-0.2, -0.15) is 0 Å². The van der Waals surface area contributed by atoms with Gasteiger partial charge in [0.25, 0.3) is 0 Å². The number of nitrogens with two attached hydrogens (primary N) is 2. The van der Waals surface area contributed by atoms with Crippen LogP contribution in [0.5, 0.6) is 0 Å². The van der Waals surface area contributed by atoms with Crippen LogP contribution in [0.4, 0.5) is 0 Å². The molecule has 4 N–H and O–H groups in total. The molecule has 0 spiro atoms. The Morgan fingerprint density at radius 3 is 2.78 bits per heavy atom. The zero-order chi connectivity index (χ0) is 16.8. The first-order valence-corrected chi connectivity index (χ1v) is 10.1. The molecule has 0 heterocycles. The Morgan fingerprint density at radius 2 is 2.26 bits per heavy atom. The minimum absolute atomic E-state index is 0.0330. The van der Waals surface area contributed by atoms with Crippen LogP contribution in [0.25, 0.3) is 0 Å². The molecule has 0 radical (unpaired) electrons. The predicted octanol–water partition coefficient (Wildman–Crippen LogP) is -1.37. The minimum atomic E-state index is -0.515. The topological polar surface area (TPSA) is 90.7 Å². The monoisotopic (exact) mass is 428 g/mol. The number of nitrogens with zero attached hydrogens (tertiary/aromatic N) is 1. The van der Waals surface area contributed by atoms with Gasteiger partial charge in [-0.05, 0) is 0 Å². The Morgan fingerprint density at radius 1 is 1.52 bits per heavy atom. The van der Waals surface area contributed by atoms with Crippen LogP contribution in [0.15, 0.2) is 49.1 Å². The van der Waals surface area contributed by atoms with Gasteiger partial charge in [0.05, 0.1) is 0 Å². The van der Waals surface area contributed by atoms with Crippen molar-refractivity contribution in [3.05, 3.63) is 44.1 Å². The molecule has 2 rings (SSSR count). The fraction of sp³-hybridized carbons (Fsp3) is 0.412. The van der Waals surface area contributed by atoms with Gasteiger partial charge in [0.1, 0.15) is 0 Å². The Balaban J connectivity index is 2.15. The number of allylic oxidation sites excluding steroid dienone is 3.